The van der Waals surface area contributed by atoms with E-state index in [0.717, 1.165) is 17.3 Å². The Morgan fingerprint density at radius 1 is 0.875 bits per heavy atom. The average Bonchev–Trinajstić information content (AvgIpc) is 2.75. The second kappa shape index (κ2) is 9.86. The zero-order chi connectivity index (χ0) is 23.4. The number of carbonyl (C=O) groups is 2. The molecule has 0 saturated carbocycles. The monoisotopic (exact) mass is 462 g/mol. The van der Waals surface area contributed by atoms with E-state index in [1.54, 1.807) is 36.4 Å². The number of carbonyl (C=O) groups excluding carboxylic acids is 2. The molecule has 0 aliphatic rings. The molecule has 0 saturated heterocycles. The predicted octanol–water partition coefficient (Wildman–Crippen LogP) is 5.92. The zero-order valence-corrected chi connectivity index (χ0v) is 17.8. The van der Waals surface area contributed by atoms with Gasteiger partial charge in [-0.1, -0.05) is 23.8 Å². The summed E-state index contributed by atoms with van der Waals surface area (Å²) in [6.07, 6.45) is 0. The summed E-state index contributed by atoms with van der Waals surface area (Å²) in [5.41, 5.74) is 0.803. The van der Waals surface area contributed by atoms with Gasteiger partial charge in [0.05, 0.1) is 5.25 Å². The van der Waals surface area contributed by atoms with Crippen LogP contribution >= 0.6 is 11.8 Å². The van der Waals surface area contributed by atoms with Gasteiger partial charge in [0, 0.05) is 22.2 Å². The van der Waals surface area contributed by atoms with E-state index in [-0.39, 0.29) is 12.0 Å². The molecule has 3 aromatic rings. The molecule has 2 N–H and O–H groups in total. The smallest absolute Gasteiger partial charge is 0.255 e. The van der Waals surface area contributed by atoms with Crippen molar-refractivity contribution in [3.05, 3.63) is 89.0 Å². The van der Waals surface area contributed by atoms with E-state index in [4.69, 9.17) is 0 Å². The van der Waals surface area contributed by atoms with Gasteiger partial charge in [0.1, 0.15) is 5.69 Å². The molecule has 0 aliphatic carbocycles. The number of benzene rings is 3. The highest BCUT2D eigenvalue weighted by Crippen LogP contribution is 2.29. The number of aryl methyl sites for hydroxylation is 1. The third-order valence-electron chi connectivity index (χ3n) is 4.45. The Hall–Kier alpha value is -3.33. The maximum atomic E-state index is 13.8. The van der Waals surface area contributed by atoms with Crippen molar-refractivity contribution in [1.82, 2.24) is 0 Å². The molecular weight excluding hydrogens is 444 g/mol. The van der Waals surface area contributed by atoms with Gasteiger partial charge in [0.25, 0.3) is 5.91 Å². The largest absolute Gasteiger partial charge is 0.322 e. The van der Waals surface area contributed by atoms with Crippen LogP contribution in [-0.4, -0.2) is 17.1 Å². The van der Waals surface area contributed by atoms with Gasteiger partial charge in [-0.3, -0.25) is 9.59 Å². The van der Waals surface area contributed by atoms with E-state index in [2.05, 4.69) is 5.32 Å². The summed E-state index contributed by atoms with van der Waals surface area (Å²) < 4.78 is 54.2. The van der Waals surface area contributed by atoms with Crippen molar-refractivity contribution in [2.75, 3.05) is 10.6 Å². The highest BCUT2D eigenvalue weighted by molar-refractivity contribution is 8.00. The molecule has 0 fully saturated rings. The number of hydrogen-bond donors (Lipinski definition) is 2. The lowest BCUT2D eigenvalue weighted by Gasteiger charge is -2.14. The number of anilines is 2. The maximum Gasteiger partial charge on any atom is 0.255 e. The molecule has 9 heteroatoms. The van der Waals surface area contributed by atoms with Crippen LogP contribution in [0.2, 0.25) is 0 Å². The fourth-order valence-electron chi connectivity index (χ4n) is 2.72. The average molecular weight is 462 g/mol. The van der Waals surface area contributed by atoms with Crippen LogP contribution in [0.15, 0.2) is 59.5 Å². The predicted molar refractivity (Wildman–Crippen MR) is 116 cm³/mol. The number of hydrogen-bond acceptors (Lipinski definition) is 3. The fraction of sp³-hybridized carbons (Fsp3) is 0.130. The molecule has 4 nitrogen and oxygen atoms in total. The molecule has 1 atom stereocenters. The molecule has 32 heavy (non-hydrogen) atoms. The molecule has 0 aliphatic heterocycles. The molecule has 0 spiro atoms. The summed E-state index contributed by atoms with van der Waals surface area (Å²) in [6.45, 7) is 3.37. The number of thioether (sulfide) groups is 1. The Kier molecular flexibility index (Phi) is 7.19. The number of halogens is 4. The Morgan fingerprint density at radius 2 is 1.50 bits per heavy atom. The van der Waals surface area contributed by atoms with Gasteiger partial charge < -0.3 is 10.6 Å². The minimum Gasteiger partial charge on any atom is -0.322 e. The SMILES string of the molecule is Cc1ccc(C(=O)Nc2cccc(SC(C)C(=O)Nc3c(F)c(F)cc(F)c3F)c2)cc1. The molecule has 166 valence electrons. The van der Waals surface area contributed by atoms with Gasteiger partial charge in [-0.05, 0) is 44.2 Å². The molecular formula is C23H18F4N2O2S. The molecule has 3 rings (SSSR count). The van der Waals surface area contributed by atoms with Crippen molar-refractivity contribution >= 4 is 35.0 Å². The highest BCUT2D eigenvalue weighted by atomic mass is 32.2. The quantitative estimate of drug-likeness (QED) is 0.272. The normalized spacial score (nSPS) is 11.7. The number of nitrogens with one attached hydrogen (secondary N) is 2. The van der Waals surface area contributed by atoms with Crippen LogP contribution in [-0.2, 0) is 4.79 Å². The van der Waals surface area contributed by atoms with Crippen LogP contribution in [0.5, 0.6) is 0 Å². The van der Waals surface area contributed by atoms with Gasteiger partial charge in [0.15, 0.2) is 23.3 Å². The van der Waals surface area contributed by atoms with Crippen molar-refractivity contribution < 1.29 is 27.2 Å². The fourth-order valence-corrected chi connectivity index (χ4v) is 3.65. The van der Waals surface area contributed by atoms with Crippen LogP contribution in [0.1, 0.15) is 22.8 Å². The van der Waals surface area contributed by atoms with Gasteiger partial charge in [-0.15, -0.1) is 11.8 Å². The maximum absolute atomic E-state index is 13.8. The first-order chi connectivity index (χ1) is 15.2. The first-order valence-corrected chi connectivity index (χ1v) is 10.3. The van der Waals surface area contributed by atoms with E-state index in [1.165, 1.54) is 6.92 Å². The standard InChI is InChI=1S/C23H18F4N2O2S/c1-12-6-8-14(9-7-12)23(31)28-15-4-3-5-16(10-15)32-13(2)22(30)29-21-19(26)17(24)11-18(25)20(21)27/h3-11,13H,1-2H3,(H,28,31)(H,29,30). The third-order valence-corrected chi connectivity index (χ3v) is 5.54. The van der Waals surface area contributed by atoms with Crippen molar-refractivity contribution in [3.8, 4) is 0 Å². The summed E-state index contributed by atoms with van der Waals surface area (Å²) in [6, 6.07) is 13.7. The number of rotatable bonds is 6. The molecule has 2 amide bonds. The molecule has 0 aromatic heterocycles. The van der Waals surface area contributed by atoms with E-state index in [1.807, 2.05) is 24.4 Å². The zero-order valence-electron chi connectivity index (χ0n) is 17.0. The molecule has 0 bridgehead atoms. The summed E-state index contributed by atoms with van der Waals surface area (Å²) >= 11 is 1.03. The Bertz CT molecular complexity index is 1140. The third kappa shape index (κ3) is 5.47. The minimum atomic E-state index is -1.68. The highest BCUT2D eigenvalue weighted by Gasteiger charge is 2.23. The number of amides is 2. The van der Waals surface area contributed by atoms with Crippen LogP contribution < -0.4 is 10.6 Å². The second-order valence-corrected chi connectivity index (χ2v) is 8.35. The molecule has 0 heterocycles. The second-order valence-electron chi connectivity index (χ2n) is 6.94. The Labute approximate surface area is 186 Å². The van der Waals surface area contributed by atoms with Gasteiger partial charge in [-0.2, -0.15) is 0 Å². The van der Waals surface area contributed by atoms with Crippen molar-refractivity contribution in [1.29, 1.82) is 0 Å². The van der Waals surface area contributed by atoms with Gasteiger partial charge >= 0.3 is 0 Å². The van der Waals surface area contributed by atoms with Crippen LogP contribution in [0, 0.1) is 30.2 Å². The minimum absolute atomic E-state index is 0.0644. The van der Waals surface area contributed by atoms with E-state index >= 15 is 0 Å². The first-order valence-electron chi connectivity index (χ1n) is 9.44. The van der Waals surface area contributed by atoms with E-state index < -0.39 is 40.1 Å². The van der Waals surface area contributed by atoms with Crippen LogP contribution in [0.25, 0.3) is 0 Å². The lowest BCUT2D eigenvalue weighted by Crippen LogP contribution is -2.24. The first kappa shape index (κ1) is 23.3. The summed E-state index contributed by atoms with van der Waals surface area (Å²) in [7, 11) is 0. The van der Waals surface area contributed by atoms with Crippen molar-refractivity contribution in [2.24, 2.45) is 0 Å². The summed E-state index contributed by atoms with van der Waals surface area (Å²) in [5.74, 6) is -7.76. The molecule has 0 radical (unpaired) electrons. The lowest BCUT2D eigenvalue weighted by atomic mass is 10.1. The van der Waals surface area contributed by atoms with E-state index in [0.29, 0.717) is 16.1 Å². The Morgan fingerprint density at radius 3 is 2.12 bits per heavy atom. The van der Waals surface area contributed by atoms with Crippen LogP contribution in [0.3, 0.4) is 0 Å². The van der Waals surface area contributed by atoms with Crippen LogP contribution in [0.4, 0.5) is 28.9 Å². The van der Waals surface area contributed by atoms with E-state index in [9.17, 15) is 27.2 Å². The van der Waals surface area contributed by atoms with Gasteiger partial charge in [0.2, 0.25) is 5.91 Å². The molecule has 1 unspecified atom stereocenters. The summed E-state index contributed by atoms with van der Waals surface area (Å²) in [5, 5.41) is 3.77. The summed E-state index contributed by atoms with van der Waals surface area (Å²) in [4.78, 5) is 25.3. The van der Waals surface area contributed by atoms with Crippen molar-refractivity contribution in [3.63, 3.8) is 0 Å². The lowest BCUT2D eigenvalue weighted by molar-refractivity contribution is -0.115. The van der Waals surface area contributed by atoms with Gasteiger partial charge in [-0.25, -0.2) is 17.6 Å². The Balaban J connectivity index is 1.68. The molecule has 3 aromatic carbocycles. The van der Waals surface area contributed by atoms with Crippen molar-refractivity contribution in [2.45, 2.75) is 24.0 Å². The topological polar surface area (TPSA) is 58.2 Å².